The Balaban J connectivity index is 2.15. The van der Waals surface area contributed by atoms with E-state index < -0.39 is 0 Å². The SMILES string of the molecule is Cc1occc1CN(C)C(CN)c1cccc(F)c1. The van der Waals surface area contributed by atoms with Gasteiger partial charge in [-0.2, -0.15) is 0 Å². The van der Waals surface area contributed by atoms with Crippen LogP contribution in [0.15, 0.2) is 41.0 Å². The van der Waals surface area contributed by atoms with Gasteiger partial charge in [-0.3, -0.25) is 4.90 Å². The molecule has 0 fully saturated rings. The Bertz CT molecular complexity index is 538. The highest BCUT2D eigenvalue weighted by molar-refractivity contribution is 5.22. The first-order valence-corrected chi connectivity index (χ1v) is 6.30. The summed E-state index contributed by atoms with van der Waals surface area (Å²) in [6.45, 7) is 3.10. The van der Waals surface area contributed by atoms with Gasteiger partial charge in [0, 0.05) is 24.7 Å². The molecule has 0 aliphatic heterocycles. The molecule has 2 rings (SSSR count). The van der Waals surface area contributed by atoms with E-state index in [1.54, 1.807) is 12.3 Å². The lowest BCUT2D eigenvalue weighted by atomic mass is 10.0. The van der Waals surface area contributed by atoms with Crippen LogP contribution in [-0.2, 0) is 6.54 Å². The van der Waals surface area contributed by atoms with Gasteiger partial charge >= 0.3 is 0 Å². The highest BCUT2D eigenvalue weighted by Gasteiger charge is 2.17. The molecule has 0 aliphatic rings. The largest absolute Gasteiger partial charge is 0.469 e. The van der Waals surface area contributed by atoms with Crippen molar-refractivity contribution in [3.63, 3.8) is 0 Å². The number of halogens is 1. The standard InChI is InChI=1S/C15H19FN2O/c1-11-13(6-7-19-11)10-18(2)15(9-17)12-4-3-5-14(16)8-12/h3-8,15H,9-10,17H2,1-2H3. The quantitative estimate of drug-likeness (QED) is 0.901. The fourth-order valence-electron chi connectivity index (χ4n) is 2.24. The predicted octanol–water partition coefficient (Wildman–Crippen LogP) is 2.86. The smallest absolute Gasteiger partial charge is 0.123 e. The van der Waals surface area contributed by atoms with E-state index in [-0.39, 0.29) is 11.9 Å². The number of aryl methyl sites for hydroxylation is 1. The maximum Gasteiger partial charge on any atom is 0.123 e. The molecule has 4 heteroatoms. The van der Waals surface area contributed by atoms with Crippen molar-refractivity contribution in [1.82, 2.24) is 4.90 Å². The van der Waals surface area contributed by atoms with Gasteiger partial charge in [-0.15, -0.1) is 0 Å². The Kier molecular flexibility index (Phi) is 4.35. The molecule has 1 atom stereocenters. The monoisotopic (exact) mass is 262 g/mol. The zero-order valence-electron chi connectivity index (χ0n) is 11.3. The van der Waals surface area contributed by atoms with E-state index >= 15 is 0 Å². The van der Waals surface area contributed by atoms with Crippen LogP contribution in [0.5, 0.6) is 0 Å². The number of rotatable bonds is 5. The van der Waals surface area contributed by atoms with Gasteiger partial charge in [0.1, 0.15) is 11.6 Å². The fraction of sp³-hybridized carbons (Fsp3) is 0.333. The summed E-state index contributed by atoms with van der Waals surface area (Å²) in [6, 6.07) is 8.53. The lowest BCUT2D eigenvalue weighted by molar-refractivity contribution is 0.240. The number of hydrogen-bond acceptors (Lipinski definition) is 3. The minimum Gasteiger partial charge on any atom is -0.469 e. The summed E-state index contributed by atoms with van der Waals surface area (Å²) in [5.41, 5.74) is 7.85. The maximum atomic E-state index is 13.3. The lowest BCUT2D eigenvalue weighted by Crippen LogP contribution is -2.30. The van der Waals surface area contributed by atoms with Crippen molar-refractivity contribution in [3.05, 3.63) is 59.3 Å². The third kappa shape index (κ3) is 3.22. The molecule has 19 heavy (non-hydrogen) atoms. The van der Waals surface area contributed by atoms with Crippen LogP contribution in [0.2, 0.25) is 0 Å². The second-order valence-corrected chi connectivity index (χ2v) is 4.72. The summed E-state index contributed by atoms with van der Waals surface area (Å²) in [6.07, 6.45) is 1.68. The van der Waals surface area contributed by atoms with Crippen molar-refractivity contribution in [2.24, 2.45) is 5.73 Å². The summed E-state index contributed by atoms with van der Waals surface area (Å²) >= 11 is 0. The molecule has 1 aromatic heterocycles. The number of nitrogens with two attached hydrogens (primary N) is 1. The van der Waals surface area contributed by atoms with Crippen LogP contribution in [0.1, 0.15) is 22.9 Å². The minimum atomic E-state index is -0.233. The normalized spacial score (nSPS) is 12.9. The summed E-state index contributed by atoms with van der Waals surface area (Å²) < 4.78 is 18.6. The van der Waals surface area contributed by atoms with E-state index in [9.17, 15) is 4.39 Å². The predicted molar refractivity (Wildman–Crippen MR) is 73.1 cm³/mol. The molecule has 2 aromatic rings. The van der Waals surface area contributed by atoms with Crippen LogP contribution in [0, 0.1) is 12.7 Å². The molecule has 1 unspecified atom stereocenters. The van der Waals surface area contributed by atoms with Gasteiger partial charge in [0.05, 0.1) is 6.26 Å². The van der Waals surface area contributed by atoms with Gasteiger partial charge in [-0.05, 0) is 37.7 Å². The molecule has 0 aliphatic carbocycles. The van der Waals surface area contributed by atoms with Crippen molar-refractivity contribution in [2.75, 3.05) is 13.6 Å². The Morgan fingerprint density at radius 1 is 1.37 bits per heavy atom. The van der Waals surface area contributed by atoms with Crippen LogP contribution in [0.3, 0.4) is 0 Å². The van der Waals surface area contributed by atoms with E-state index in [2.05, 4.69) is 4.90 Å². The van der Waals surface area contributed by atoms with Crippen LogP contribution in [0.25, 0.3) is 0 Å². The van der Waals surface area contributed by atoms with Crippen LogP contribution in [0.4, 0.5) is 4.39 Å². The zero-order valence-corrected chi connectivity index (χ0v) is 11.3. The van der Waals surface area contributed by atoms with Crippen molar-refractivity contribution in [3.8, 4) is 0 Å². The molecule has 3 nitrogen and oxygen atoms in total. The first-order valence-electron chi connectivity index (χ1n) is 6.30. The van der Waals surface area contributed by atoms with Gasteiger partial charge in [0.25, 0.3) is 0 Å². The molecule has 2 N–H and O–H groups in total. The molecule has 0 amide bonds. The van der Waals surface area contributed by atoms with E-state index in [1.807, 2.05) is 26.1 Å². The van der Waals surface area contributed by atoms with Gasteiger partial charge in [-0.1, -0.05) is 12.1 Å². The molecular formula is C15H19FN2O. The summed E-state index contributed by atoms with van der Waals surface area (Å²) in [5.74, 6) is 0.672. The topological polar surface area (TPSA) is 42.4 Å². The molecular weight excluding hydrogens is 243 g/mol. The van der Waals surface area contributed by atoms with Crippen molar-refractivity contribution < 1.29 is 8.81 Å². The molecule has 0 saturated carbocycles. The maximum absolute atomic E-state index is 13.3. The summed E-state index contributed by atoms with van der Waals surface area (Å²) in [5, 5.41) is 0. The van der Waals surface area contributed by atoms with Gasteiger partial charge < -0.3 is 10.2 Å². The number of nitrogens with zero attached hydrogens (tertiary/aromatic N) is 1. The first kappa shape index (κ1) is 13.8. The summed E-state index contributed by atoms with van der Waals surface area (Å²) in [7, 11) is 1.98. The zero-order chi connectivity index (χ0) is 13.8. The van der Waals surface area contributed by atoms with Gasteiger partial charge in [0.15, 0.2) is 0 Å². The molecule has 1 heterocycles. The second-order valence-electron chi connectivity index (χ2n) is 4.72. The Morgan fingerprint density at radius 3 is 2.74 bits per heavy atom. The van der Waals surface area contributed by atoms with Crippen molar-refractivity contribution in [1.29, 1.82) is 0 Å². The number of likely N-dealkylation sites (N-methyl/N-ethyl adjacent to an activating group) is 1. The Morgan fingerprint density at radius 2 is 2.16 bits per heavy atom. The third-order valence-corrected chi connectivity index (χ3v) is 3.37. The molecule has 0 saturated heterocycles. The second kappa shape index (κ2) is 5.99. The minimum absolute atomic E-state index is 0.00926. The van der Waals surface area contributed by atoms with Gasteiger partial charge in [-0.25, -0.2) is 4.39 Å². The highest BCUT2D eigenvalue weighted by Crippen LogP contribution is 2.22. The van der Waals surface area contributed by atoms with Crippen LogP contribution >= 0.6 is 0 Å². The Hall–Kier alpha value is -1.65. The van der Waals surface area contributed by atoms with E-state index in [0.29, 0.717) is 6.54 Å². The van der Waals surface area contributed by atoms with Gasteiger partial charge in [0.2, 0.25) is 0 Å². The molecule has 0 spiro atoms. The van der Waals surface area contributed by atoms with Crippen molar-refractivity contribution >= 4 is 0 Å². The van der Waals surface area contributed by atoms with E-state index in [1.165, 1.54) is 12.1 Å². The first-order chi connectivity index (χ1) is 9.11. The molecule has 0 radical (unpaired) electrons. The Labute approximate surface area is 112 Å². The number of benzene rings is 1. The fourth-order valence-corrected chi connectivity index (χ4v) is 2.24. The number of furan rings is 1. The molecule has 102 valence electrons. The summed E-state index contributed by atoms with van der Waals surface area (Å²) in [4.78, 5) is 2.10. The highest BCUT2D eigenvalue weighted by atomic mass is 19.1. The molecule has 0 bridgehead atoms. The van der Waals surface area contributed by atoms with E-state index in [4.69, 9.17) is 10.2 Å². The average Bonchev–Trinajstić information content (AvgIpc) is 2.76. The third-order valence-electron chi connectivity index (χ3n) is 3.37. The van der Waals surface area contributed by atoms with Crippen molar-refractivity contribution in [2.45, 2.75) is 19.5 Å². The van der Waals surface area contributed by atoms with Crippen LogP contribution < -0.4 is 5.73 Å². The van der Waals surface area contributed by atoms with Crippen LogP contribution in [-0.4, -0.2) is 18.5 Å². The van der Waals surface area contributed by atoms with E-state index in [0.717, 1.165) is 23.4 Å². The molecule has 1 aromatic carbocycles. The average molecular weight is 262 g/mol. The lowest BCUT2D eigenvalue weighted by Gasteiger charge is -2.27. The number of hydrogen-bond donors (Lipinski definition) is 1.